The van der Waals surface area contributed by atoms with E-state index in [4.69, 9.17) is 5.11 Å². The number of carboxylic acid groups (broad SMARTS) is 1. The summed E-state index contributed by atoms with van der Waals surface area (Å²) in [6, 6.07) is -0.355. The molecule has 0 rings (SSSR count). The van der Waals surface area contributed by atoms with E-state index in [0.29, 0.717) is 0 Å². The molecule has 1 unspecified atom stereocenters. The van der Waals surface area contributed by atoms with Crippen molar-refractivity contribution in [2.75, 3.05) is 18.1 Å². The van der Waals surface area contributed by atoms with Crippen LogP contribution in [0.1, 0.15) is 33.1 Å². The van der Waals surface area contributed by atoms with E-state index < -0.39 is 5.97 Å². The molecule has 0 radical (unpaired) electrons. The fourth-order valence-electron chi connectivity index (χ4n) is 1.20. The van der Waals surface area contributed by atoms with Gasteiger partial charge in [-0.15, -0.1) is 0 Å². The molecule has 3 nitrogen and oxygen atoms in total. The molecule has 0 saturated carbocycles. The maximum Gasteiger partial charge on any atom is 0.320 e. The zero-order valence-corrected chi connectivity index (χ0v) is 9.90. The van der Waals surface area contributed by atoms with Gasteiger partial charge >= 0.3 is 5.97 Å². The Bertz CT molecular complexity index is 153. The molecule has 0 spiro atoms. The van der Waals surface area contributed by atoms with Crippen LogP contribution in [0.3, 0.4) is 0 Å². The Morgan fingerprint density at radius 1 is 1.50 bits per heavy atom. The van der Waals surface area contributed by atoms with Crippen molar-refractivity contribution >= 4 is 17.7 Å². The maximum absolute atomic E-state index is 10.7. The summed E-state index contributed by atoms with van der Waals surface area (Å²) in [5.74, 6) is 1.52. The van der Waals surface area contributed by atoms with Crippen molar-refractivity contribution in [3.05, 3.63) is 0 Å². The van der Waals surface area contributed by atoms with Gasteiger partial charge in [-0.2, -0.15) is 11.8 Å². The smallest absolute Gasteiger partial charge is 0.320 e. The zero-order valence-electron chi connectivity index (χ0n) is 9.08. The average Bonchev–Trinajstić information content (AvgIpc) is 2.15. The Hall–Kier alpha value is -0.220. The van der Waals surface area contributed by atoms with E-state index in [9.17, 15) is 4.79 Å². The topological polar surface area (TPSA) is 49.3 Å². The summed E-state index contributed by atoms with van der Waals surface area (Å²) in [7, 11) is 0. The van der Waals surface area contributed by atoms with Crippen molar-refractivity contribution in [1.29, 1.82) is 0 Å². The predicted molar refractivity (Wildman–Crippen MR) is 62.0 cm³/mol. The molecule has 0 amide bonds. The Morgan fingerprint density at radius 2 is 2.21 bits per heavy atom. The Balaban J connectivity index is 3.46. The number of hydrogen-bond acceptors (Lipinski definition) is 3. The van der Waals surface area contributed by atoms with Crippen molar-refractivity contribution in [2.45, 2.75) is 39.2 Å². The Labute approximate surface area is 90.7 Å². The van der Waals surface area contributed by atoms with E-state index in [-0.39, 0.29) is 6.04 Å². The molecule has 2 N–H and O–H groups in total. The van der Waals surface area contributed by atoms with Gasteiger partial charge in [-0.25, -0.2) is 0 Å². The zero-order chi connectivity index (χ0) is 10.8. The lowest BCUT2D eigenvalue weighted by molar-refractivity contribution is -0.139. The van der Waals surface area contributed by atoms with Crippen LogP contribution in [-0.2, 0) is 4.79 Å². The maximum atomic E-state index is 10.7. The molecule has 0 heterocycles. The molecular weight excluding hydrogens is 198 g/mol. The van der Waals surface area contributed by atoms with Gasteiger partial charge in [0.05, 0.1) is 0 Å². The number of carbonyl (C=O) groups is 1. The summed E-state index contributed by atoms with van der Waals surface area (Å²) < 4.78 is 0. The van der Waals surface area contributed by atoms with Gasteiger partial charge in [-0.3, -0.25) is 4.79 Å². The monoisotopic (exact) mass is 219 g/mol. The van der Waals surface area contributed by atoms with E-state index in [2.05, 4.69) is 12.2 Å². The fourth-order valence-corrected chi connectivity index (χ4v) is 1.83. The summed E-state index contributed by atoms with van der Waals surface area (Å²) in [4.78, 5) is 10.7. The molecule has 4 heteroatoms. The highest BCUT2D eigenvalue weighted by Crippen LogP contribution is 2.01. The van der Waals surface area contributed by atoms with E-state index in [1.165, 1.54) is 0 Å². The van der Waals surface area contributed by atoms with Crippen LogP contribution in [-0.4, -0.2) is 35.2 Å². The van der Waals surface area contributed by atoms with E-state index in [0.717, 1.165) is 37.3 Å². The molecule has 0 bridgehead atoms. The van der Waals surface area contributed by atoms with Crippen LogP contribution in [0.5, 0.6) is 0 Å². The highest BCUT2D eigenvalue weighted by molar-refractivity contribution is 7.99. The minimum atomic E-state index is -0.727. The lowest BCUT2D eigenvalue weighted by Crippen LogP contribution is -2.37. The second-order valence-corrected chi connectivity index (χ2v) is 4.58. The van der Waals surface area contributed by atoms with Crippen molar-refractivity contribution in [1.82, 2.24) is 5.32 Å². The van der Waals surface area contributed by atoms with Crippen LogP contribution in [0.25, 0.3) is 0 Å². The van der Waals surface area contributed by atoms with Crippen molar-refractivity contribution in [3.8, 4) is 0 Å². The van der Waals surface area contributed by atoms with Crippen LogP contribution in [0.4, 0.5) is 0 Å². The van der Waals surface area contributed by atoms with Crippen LogP contribution in [0.15, 0.2) is 0 Å². The van der Waals surface area contributed by atoms with Gasteiger partial charge in [0.15, 0.2) is 0 Å². The summed E-state index contributed by atoms with van der Waals surface area (Å²) in [5.41, 5.74) is 0. The number of thioether (sulfide) groups is 1. The summed E-state index contributed by atoms with van der Waals surface area (Å²) in [6.45, 7) is 4.95. The quantitative estimate of drug-likeness (QED) is 0.582. The van der Waals surface area contributed by atoms with Gasteiger partial charge in [-0.05, 0) is 30.9 Å². The van der Waals surface area contributed by atoms with Crippen molar-refractivity contribution < 1.29 is 9.90 Å². The van der Waals surface area contributed by atoms with Crippen LogP contribution >= 0.6 is 11.8 Å². The van der Waals surface area contributed by atoms with Gasteiger partial charge in [0.2, 0.25) is 0 Å². The molecule has 0 aliphatic carbocycles. The largest absolute Gasteiger partial charge is 0.480 e. The molecule has 14 heavy (non-hydrogen) atoms. The number of hydrogen-bond donors (Lipinski definition) is 2. The van der Waals surface area contributed by atoms with Gasteiger partial charge in [0, 0.05) is 0 Å². The van der Waals surface area contributed by atoms with E-state index in [1.807, 2.05) is 18.7 Å². The number of aliphatic carboxylic acids is 1. The number of nitrogens with one attached hydrogen (secondary N) is 1. The highest BCUT2D eigenvalue weighted by Gasteiger charge is 2.14. The Morgan fingerprint density at radius 3 is 2.71 bits per heavy atom. The standard InChI is InChI=1S/C10H21NO2S/c1-3-6-9(10(12)13)11-7-5-8-14-4-2/h9,11H,3-8H2,1-2H3,(H,12,13). The predicted octanol–water partition coefficient (Wildman–Crippen LogP) is 1.97. The first kappa shape index (κ1) is 13.8. The normalized spacial score (nSPS) is 12.7. The average molecular weight is 219 g/mol. The van der Waals surface area contributed by atoms with Crippen LogP contribution in [0.2, 0.25) is 0 Å². The molecule has 0 aromatic heterocycles. The molecule has 0 fully saturated rings. The fraction of sp³-hybridized carbons (Fsp3) is 0.900. The molecule has 0 saturated heterocycles. The summed E-state index contributed by atoms with van der Waals surface area (Å²) in [5, 5.41) is 11.9. The molecule has 0 aromatic carbocycles. The SMILES string of the molecule is CCCC(NCCCSCC)C(=O)O. The molecule has 0 aromatic rings. The van der Waals surface area contributed by atoms with Gasteiger partial charge in [0.1, 0.15) is 6.04 Å². The first-order valence-electron chi connectivity index (χ1n) is 5.26. The second kappa shape index (κ2) is 9.34. The number of carboxylic acids is 1. The first-order chi connectivity index (χ1) is 6.72. The van der Waals surface area contributed by atoms with E-state index >= 15 is 0 Å². The third-order valence-electron chi connectivity index (χ3n) is 1.94. The molecule has 84 valence electrons. The molecular formula is C10H21NO2S. The molecule has 0 aliphatic heterocycles. The summed E-state index contributed by atoms with van der Waals surface area (Å²) >= 11 is 1.89. The van der Waals surface area contributed by atoms with Crippen LogP contribution < -0.4 is 5.32 Å². The molecule has 1 atom stereocenters. The minimum absolute atomic E-state index is 0.355. The Kier molecular flexibility index (Phi) is 9.19. The first-order valence-corrected chi connectivity index (χ1v) is 6.41. The van der Waals surface area contributed by atoms with Crippen LogP contribution in [0, 0.1) is 0 Å². The summed E-state index contributed by atoms with van der Waals surface area (Å²) in [6.07, 6.45) is 2.68. The second-order valence-electron chi connectivity index (χ2n) is 3.18. The lowest BCUT2D eigenvalue weighted by atomic mass is 10.1. The van der Waals surface area contributed by atoms with Gasteiger partial charge in [-0.1, -0.05) is 20.3 Å². The minimum Gasteiger partial charge on any atom is -0.480 e. The third kappa shape index (κ3) is 7.21. The van der Waals surface area contributed by atoms with Crippen molar-refractivity contribution in [3.63, 3.8) is 0 Å². The van der Waals surface area contributed by atoms with E-state index in [1.54, 1.807) is 0 Å². The van der Waals surface area contributed by atoms with Crippen molar-refractivity contribution in [2.24, 2.45) is 0 Å². The van der Waals surface area contributed by atoms with Gasteiger partial charge < -0.3 is 10.4 Å². The van der Waals surface area contributed by atoms with Gasteiger partial charge in [0.25, 0.3) is 0 Å². The highest BCUT2D eigenvalue weighted by atomic mass is 32.2. The molecule has 0 aliphatic rings. The number of rotatable bonds is 9. The lowest BCUT2D eigenvalue weighted by Gasteiger charge is -2.12. The third-order valence-corrected chi connectivity index (χ3v) is 2.92.